The average Bonchev–Trinajstić information content (AvgIpc) is 3.10. The van der Waals surface area contributed by atoms with E-state index in [1.54, 1.807) is 12.3 Å². The molecule has 0 radical (unpaired) electrons. The van der Waals surface area contributed by atoms with Crippen molar-refractivity contribution in [2.45, 2.75) is 31.0 Å². The Labute approximate surface area is 162 Å². The number of carbonyl (C=O) groups is 1. The molecule has 0 bridgehead atoms. The summed E-state index contributed by atoms with van der Waals surface area (Å²) in [6, 6.07) is 1.29. The Balaban J connectivity index is 1.69. The normalized spacial score (nSPS) is 20.2. The molecular formula is C18H17F3N6O2. The second-order valence-electron chi connectivity index (χ2n) is 6.94. The minimum absolute atomic E-state index is 0.00178. The first-order valence-electron chi connectivity index (χ1n) is 8.85. The number of nitrogens with zero attached hydrogens (tertiary/aromatic N) is 5. The van der Waals surface area contributed by atoms with Crippen LogP contribution >= 0.6 is 0 Å². The average molecular weight is 406 g/mol. The summed E-state index contributed by atoms with van der Waals surface area (Å²) in [5.41, 5.74) is 6.63. The molecule has 0 aliphatic carbocycles. The van der Waals surface area contributed by atoms with E-state index in [-0.39, 0.29) is 35.9 Å². The van der Waals surface area contributed by atoms with Crippen molar-refractivity contribution in [3.05, 3.63) is 48.0 Å². The van der Waals surface area contributed by atoms with E-state index >= 15 is 0 Å². The molecule has 0 amide bonds. The lowest BCUT2D eigenvalue weighted by Crippen LogP contribution is -2.51. The van der Waals surface area contributed by atoms with Crippen LogP contribution in [-0.4, -0.2) is 49.4 Å². The number of nitrogen functional groups attached to an aromatic ring is 1. The highest BCUT2D eigenvalue weighted by Gasteiger charge is 2.47. The fourth-order valence-corrected chi connectivity index (χ4v) is 3.72. The summed E-state index contributed by atoms with van der Waals surface area (Å²) >= 11 is 0. The summed E-state index contributed by atoms with van der Waals surface area (Å²) in [5, 5.41) is 13.1. The highest BCUT2D eigenvalue weighted by atomic mass is 19.4. The van der Waals surface area contributed by atoms with Gasteiger partial charge in [0.1, 0.15) is 17.4 Å². The van der Waals surface area contributed by atoms with Crippen molar-refractivity contribution >= 4 is 23.1 Å². The number of hydrogen-bond donors (Lipinski definition) is 2. The van der Waals surface area contributed by atoms with E-state index in [0.29, 0.717) is 17.7 Å². The number of rotatable bonds is 3. The van der Waals surface area contributed by atoms with Crippen molar-refractivity contribution in [2.24, 2.45) is 0 Å². The van der Waals surface area contributed by atoms with Crippen molar-refractivity contribution in [3.63, 3.8) is 0 Å². The molecule has 0 saturated carbocycles. The number of anilines is 2. The predicted octanol–water partition coefficient (Wildman–Crippen LogP) is 2.72. The number of alkyl halides is 3. The van der Waals surface area contributed by atoms with Crippen LogP contribution in [0.2, 0.25) is 0 Å². The van der Waals surface area contributed by atoms with Gasteiger partial charge in [0.2, 0.25) is 0 Å². The fourth-order valence-electron chi connectivity index (χ4n) is 3.72. The van der Waals surface area contributed by atoms with Crippen LogP contribution in [0.1, 0.15) is 34.7 Å². The van der Waals surface area contributed by atoms with Crippen LogP contribution in [0.15, 0.2) is 36.9 Å². The number of aromatic carboxylic acids is 1. The molecule has 8 nitrogen and oxygen atoms in total. The summed E-state index contributed by atoms with van der Waals surface area (Å²) in [6.45, 7) is 0.101. The van der Waals surface area contributed by atoms with Crippen LogP contribution in [0, 0.1) is 0 Å². The molecule has 11 heteroatoms. The maximum absolute atomic E-state index is 13.9. The van der Waals surface area contributed by atoms with Crippen LogP contribution < -0.4 is 10.6 Å². The number of carboxylic acid groups (broad SMARTS) is 1. The fraction of sp³-hybridized carbons (Fsp3) is 0.333. The standard InChI is InChI=1S/C18H17F3N6O2/c19-18(20,21)14-6-10(11-5-12(22)8-23-7-11)1-3-26(14)15-2-4-27-16(25-15)13(9-24-27)17(28)29/h2,4-5,7-10,14H,1,3,6,22H2,(H,28,29). The van der Waals surface area contributed by atoms with Gasteiger partial charge < -0.3 is 15.7 Å². The molecule has 0 spiro atoms. The number of hydrogen-bond acceptors (Lipinski definition) is 6. The quantitative estimate of drug-likeness (QED) is 0.688. The highest BCUT2D eigenvalue weighted by Crippen LogP contribution is 2.40. The number of halogens is 3. The van der Waals surface area contributed by atoms with E-state index in [1.165, 1.54) is 27.9 Å². The zero-order valence-corrected chi connectivity index (χ0v) is 15.0. The van der Waals surface area contributed by atoms with Crippen LogP contribution in [-0.2, 0) is 0 Å². The molecule has 3 N–H and O–H groups in total. The summed E-state index contributed by atoms with van der Waals surface area (Å²) in [7, 11) is 0. The van der Waals surface area contributed by atoms with Crippen molar-refractivity contribution in [1.82, 2.24) is 19.6 Å². The Morgan fingerprint density at radius 2 is 2.07 bits per heavy atom. The monoisotopic (exact) mass is 406 g/mol. The van der Waals surface area contributed by atoms with Gasteiger partial charge in [0, 0.05) is 25.1 Å². The highest BCUT2D eigenvalue weighted by molar-refractivity contribution is 5.94. The molecule has 0 aromatic carbocycles. The van der Waals surface area contributed by atoms with Crippen LogP contribution in [0.5, 0.6) is 0 Å². The number of piperidine rings is 1. The molecule has 1 saturated heterocycles. The molecular weight excluding hydrogens is 389 g/mol. The minimum atomic E-state index is -4.49. The first-order valence-corrected chi connectivity index (χ1v) is 8.85. The van der Waals surface area contributed by atoms with E-state index in [0.717, 1.165) is 6.20 Å². The van der Waals surface area contributed by atoms with E-state index < -0.39 is 18.2 Å². The Bertz CT molecular complexity index is 1070. The topological polar surface area (TPSA) is 110 Å². The smallest absolute Gasteiger partial charge is 0.408 e. The summed E-state index contributed by atoms with van der Waals surface area (Å²) in [6.07, 6.45) is 1.31. The van der Waals surface area contributed by atoms with E-state index in [9.17, 15) is 23.1 Å². The van der Waals surface area contributed by atoms with Gasteiger partial charge in [0.15, 0.2) is 5.65 Å². The van der Waals surface area contributed by atoms with Crippen molar-refractivity contribution in [1.29, 1.82) is 0 Å². The van der Waals surface area contributed by atoms with Gasteiger partial charge in [-0.3, -0.25) is 4.98 Å². The largest absolute Gasteiger partial charge is 0.477 e. The third kappa shape index (κ3) is 3.55. The van der Waals surface area contributed by atoms with E-state index in [1.807, 2.05) is 0 Å². The Morgan fingerprint density at radius 1 is 1.28 bits per heavy atom. The first-order chi connectivity index (χ1) is 13.7. The van der Waals surface area contributed by atoms with Crippen LogP contribution in [0.25, 0.3) is 5.65 Å². The number of aromatic nitrogens is 4. The Kier molecular flexibility index (Phi) is 4.52. The number of nitrogens with two attached hydrogens (primary N) is 1. The zero-order chi connectivity index (χ0) is 20.8. The molecule has 3 aromatic heterocycles. The van der Waals surface area contributed by atoms with E-state index in [4.69, 9.17) is 5.73 Å². The molecule has 1 aliphatic heterocycles. The zero-order valence-electron chi connectivity index (χ0n) is 15.0. The van der Waals surface area contributed by atoms with Gasteiger partial charge in [-0.05, 0) is 36.5 Å². The van der Waals surface area contributed by atoms with Crippen LogP contribution in [0.3, 0.4) is 0 Å². The van der Waals surface area contributed by atoms with Gasteiger partial charge in [-0.15, -0.1) is 0 Å². The summed E-state index contributed by atoms with van der Waals surface area (Å²) < 4.78 is 42.9. The lowest BCUT2D eigenvalue weighted by atomic mass is 9.85. The number of fused-ring (bicyclic) bond motifs is 1. The third-order valence-corrected chi connectivity index (χ3v) is 5.11. The predicted molar refractivity (Wildman–Crippen MR) is 97.8 cm³/mol. The van der Waals surface area contributed by atoms with Crippen molar-refractivity contribution in [2.75, 3.05) is 17.2 Å². The first kappa shape index (κ1) is 19.0. The van der Waals surface area contributed by atoms with Crippen molar-refractivity contribution < 1.29 is 23.1 Å². The molecule has 3 aromatic rings. The van der Waals surface area contributed by atoms with Gasteiger partial charge in [-0.1, -0.05) is 0 Å². The summed E-state index contributed by atoms with van der Waals surface area (Å²) in [4.78, 5) is 20.6. The number of pyridine rings is 1. The Morgan fingerprint density at radius 3 is 2.76 bits per heavy atom. The molecule has 4 rings (SSSR count). The maximum Gasteiger partial charge on any atom is 0.408 e. The van der Waals surface area contributed by atoms with Gasteiger partial charge in [-0.2, -0.15) is 18.3 Å². The number of carboxylic acids is 1. The van der Waals surface area contributed by atoms with E-state index in [2.05, 4.69) is 15.1 Å². The van der Waals surface area contributed by atoms with Gasteiger partial charge in [-0.25, -0.2) is 14.3 Å². The molecule has 2 atom stereocenters. The molecule has 2 unspecified atom stereocenters. The molecule has 1 aliphatic rings. The lowest BCUT2D eigenvalue weighted by molar-refractivity contribution is -0.153. The van der Waals surface area contributed by atoms with Gasteiger partial charge in [0.05, 0.1) is 11.9 Å². The van der Waals surface area contributed by atoms with Crippen molar-refractivity contribution in [3.8, 4) is 0 Å². The molecule has 4 heterocycles. The Hall–Kier alpha value is -3.37. The molecule has 29 heavy (non-hydrogen) atoms. The molecule has 1 fully saturated rings. The second kappa shape index (κ2) is 6.90. The second-order valence-corrected chi connectivity index (χ2v) is 6.94. The van der Waals surface area contributed by atoms with Gasteiger partial charge >= 0.3 is 12.1 Å². The molecule has 152 valence electrons. The lowest BCUT2D eigenvalue weighted by Gasteiger charge is -2.41. The van der Waals surface area contributed by atoms with Crippen LogP contribution in [0.4, 0.5) is 24.7 Å². The third-order valence-electron chi connectivity index (χ3n) is 5.11. The summed E-state index contributed by atoms with van der Waals surface area (Å²) in [5.74, 6) is -1.53. The SMILES string of the molecule is Nc1cncc(C2CCN(c3ccn4ncc(C(=O)O)c4n3)C(C(F)(F)F)C2)c1. The van der Waals surface area contributed by atoms with Gasteiger partial charge in [0.25, 0.3) is 0 Å². The maximum atomic E-state index is 13.9. The minimum Gasteiger partial charge on any atom is -0.477 e.